The second-order valence-electron chi connectivity index (χ2n) is 6.13. The Morgan fingerprint density at radius 3 is 2.58 bits per heavy atom. The summed E-state index contributed by atoms with van der Waals surface area (Å²) in [6.07, 6.45) is 2.85. The quantitative estimate of drug-likeness (QED) is 0.915. The van der Waals surface area contributed by atoms with Gasteiger partial charge in [0.2, 0.25) is 0 Å². The first-order valence-electron chi connectivity index (χ1n) is 7.39. The molecule has 0 bridgehead atoms. The normalized spacial score (nSPS) is 30.3. The predicted molar refractivity (Wildman–Crippen MR) is 83.2 cm³/mol. The van der Waals surface area contributed by atoms with Gasteiger partial charge in [-0.05, 0) is 50.3 Å². The van der Waals surface area contributed by atoms with Gasteiger partial charge < -0.3 is 5.32 Å². The van der Waals surface area contributed by atoms with Crippen LogP contribution in [0.15, 0.2) is 28.7 Å². The van der Waals surface area contributed by atoms with Crippen LogP contribution in [-0.2, 0) is 0 Å². The van der Waals surface area contributed by atoms with Gasteiger partial charge in [0.05, 0.1) is 0 Å². The Bertz CT molecular complexity index is 427. The highest BCUT2D eigenvalue weighted by molar-refractivity contribution is 9.10. The lowest BCUT2D eigenvalue weighted by atomic mass is 10.00. The Morgan fingerprint density at radius 2 is 1.95 bits per heavy atom. The fourth-order valence-electron chi connectivity index (χ4n) is 3.20. The lowest BCUT2D eigenvalue weighted by Gasteiger charge is -2.42. The zero-order valence-corrected chi connectivity index (χ0v) is 13.4. The van der Waals surface area contributed by atoms with Crippen LogP contribution in [0.4, 0.5) is 0 Å². The summed E-state index contributed by atoms with van der Waals surface area (Å²) in [7, 11) is 0. The van der Waals surface area contributed by atoms with Gasteiger partial charge in [0.15, 0.2) is 0 Å². The van der Waals surface area contributed by atoms with Crippen molar-refractivity contribution in [3.63, 3.8) is 0 Å². The van der Waals surface area contributed by atoms with E-state index in [2.05, 4.69) is 64.3 Å². The summed E-state index contributed by atoms with van der Waals surface area (Å²) in [5, 5.41) is 3.73. The van der Waals surface area contributed by atoms with Crippen molar-refractivity contribution >= 4 is 15.9 Å². The van der Waals surface area contributed by atoms with Crippen molar-refractivity contribution in [2.45, 2.75) is 44.8 Å². The molecule has 104 valence electrons. The van der Waals surface area contributed by atoms with Crippen molar-refractivity contribution in [3.8, 4) is 0 Å². The molecular formula is C16H23BrN2. The van der Waals surface area contributed by atoms with E-state index in [1.54, 1.807) is 0 Å². The van der Waals surface area contributed by atoms with Gasteiger partial charge in [-0.25, -0.2) is 0 Å². The predicted octanol–water partition coefficient (Wildman–Crippen LogP) is 3.58. The monoisotopic (exact) mass is 322 g/mol. The molecule has 2 fully saturated rings. The smallest absolute Gasteiger partial charge is 0.0323 e. The van der Waals surface area contributed by atoms with E-state index >= 15 is 0 Å². The standard InChI is InChI=1S/C16H23BrN2/c1-11-9-18-16(14-3-4-14)10-19(11)12(2)13-5-7-15(17)8-6-13/h5-8,11-12,14,16,18H,3-4,9-10H2,1-2H3. The molecule has 3 unspecified atom stereocenters. The SMILES string of the molecule is CC1CNC(C2CC2)CN1C(C)c1ccc(Br)cc1. The molecule has 3 heteroatoms. The van der Waals surface area contributed by atoms with Crippen LogP contribution in [0.3, 0.4) is 0 Å². The molecule has 1 saturated carbocycles. The van der Waals surface area contributed by atoms with E-state index < -0.39 is 0 Å². The van der Waals surface area contributed by atoms with E-state index in [-0.39, 0.29) is 0 Å². The third kappa shape index (κ3) is 3.04. The highest BCUT2D eigenvalue weighted by Crippen LogP contribution is 2.36. The van der Waals surface area contributed by atoms with E-state index in [0.29, 0.717) is 18.1 Å². The van der Waals surface area contributed by atoms with Crippen molar-refractivity contribution in [1.82, 2.24) is 10.2 Å². The summed E-state index contributed by atoms with van der Waals surface area (Å²) in [4.78, 5) is 2.67. The van der Waals surface area contributed by atoms with Crippen LogP contribution >= 0.6 is 15.9 Å². The molecule has 19 heavy (non-hydrogen) atoms. The Labute approximate surface area is 124 Å². The van der Waals surface area contributed by atoms with Crippen molar-refractivity contribution < 1.29 is 0 Å². The van der Waals surface area contributed by atoms with Crippen LogP contribution in [0.2, 0.25) is 0 Å². The zero-order chi connectivity index (χ0) is 13.4. The maximum absolute atomic E-state index is 3.73. The van der Waals surface area contributed by atoms with Crippen molar-refractivity contribution in [3.05, 3.63) is 34.3 Å². The number of hydrogen-bond donors (Lipinski definition) is 1. The van der Waals surface area contributed by atoms with Gasteiger partial charge >= 0.3 is 0 Å². The van der Waals surface area contributed by atoms with Gasteiger partial charge in [-0.1, -0.05) is 28.1 Å². The first-order valence-corrected chi connectivity index (χ1v) is 8.19. The summed E-state index contributed by atoms with van der Waals surface area (Å²) >= 11 is 3.52. The van der Waals surface area contributed by atoms with Gasteiger partial charge in [0, 0.05) is 35.7 Å². The van der Waals surface area contributed by atoms with E-state index in [0.717, 1.165) is 16.9 Å². The third-order valence-electron chi connectivity index (χ3n) is 4.69. The maximum Gasteiger partial charge on any atom is 0.0323 e. The highest BCUT2D eigenvalue weighted by atomic mass is 79.9. The van der Waals surface area contributed by atoms with Crippen LogP contribution in [0, 0.1) is 5.92 Å². The molecule has 2 aliphatic rings. The molecule has 3 rings (SSSR count). The average molecular weight is 323 g/mol. The number of piperazine rings is 1. The number of rotatable bonds is 3. The number of benzene rings is 1. The van der Waals surface area contributed by atoms with Crippen molar-refractivity contribution in [2.24, 2.45) is 5.92 Å². The van der Waals surface area contributed by atoms with Crippen LogP contribution in [0.1, 0.15) is 38.3 Å². The molecule has 1 aliphatic carbocycles. The van der Waals surface area contributed by atoms with Crippen LogP contribution in [0.5, 0.6) is 0 Å². The van der Waals surface area contributed by atoms with E-state index in [1.807, 2.05) is 0 Å². The lowest BCUT2D eigenvalue weighted by Crippen LogP contribution is -2.56. The van der Waals surface area contributed by atoms with Gasteiger partial charge in [0.25, 0.3) is 0 Å². The van der Waals surface area contributed by atoms with E-state index in [4.69, 9.17) is 0 Å². The van der Waals surface area contributed by atoms with Gasteiger partial charge in [-0.3, -0.25) is 4.90 Å². The van der Waals surface area contributed by atoms with Crippen molar-refractivity contribution in [2.75, 3.05) is 13.1 Å². The summed E-state index contributed by atoms with van der Waals surface area (Å²) in [6, 6.07) is 10.6. The molecule has 2 nitrogen and oxygen atoms in total. The van der Waals surface area contributed by atoms with E-state index in [9.17, 15) is 0 Å². The van der Waals surface area contributed by atoms with Gasteiger partial charge in [-0.15, -0.1) is 0 Å². The molecule has 0 spiro atoms. The molecule has 0 radical (unpaired) electrons. The maximum atomic E-state index is 3.73. The molecule has 1 aromatic rings. The summed E-state index contributed by atoms with van der Waals surface area (Å²) < 4.78 is 1.16. The Balaban J connectivity index is 1.72. The van der Waals surface area contributed by atoms with Crippen LogP contribution < -0.4 is 5.32 Å². The first-order chi connectivity index (χ1) is 9.15. The Hall–Kier alpha value is -0.380. The molecule has 1 saturated heterocycles. The van der Waals surface area contributed by atoms with Gasteiger partial charge in [-0.2, -0.15) is 0 Å². The average Bonchev–Trinajstić information content (AvgIpc) is 3.24. The van der Waals surface area contributed by atoms with Crippen LogP contribution in [0.25, 0.3) is 0 Å². The third-order valence-corrected chi connectivity index (χ3v) is 5.22. The largest absolute Gasteiger partial charge is 0.311 e. The lowest BCUT2D eigenvalue weighted by molar-refractivity contribution is 0.0924. The Kier molecular flexibility index (Phi) is 3.97. The minimum Gasteiger partial charge on any atom is -0.311 e. The molecular weight excluding hydrogens is 300 g/mol. The minimum atomic E-state index is 0.506. The summed E-state index contributed by atoms with van der Waals surface area (Å²) in [5.41, 5.74) is 1.42. The minimum absolute atomic E-state index is 0.506. The highest BCUT2D eigenvalue weighted by Gasteiger charge is 2.37. The van der Waals surface area contributed by atoms with E-state index in [1.165, 1.54) is 24.9 Å². The summed E-state index contributed by atoms with van der Waals surface area (Å²) in [5.74, 6) is 0.937. The summed E-state index contributed by atoms with van der Waals surface area (Å²) in [6.45, 7) is 7.01. The van der Waals surface area contributed by atoms with Gasteiger partial charge in [0.1, 0.15) is 0 Å². The molecule has 0 amide bonds. The molecule has 1 aromatic carbocycles. The fraction of sp³-hybridized carbons (Fsp3) is 0.625. The van der Waals surface area contributed by atoms with Crippen molar-refractivity contribution in [1.29, 1.82) is 0 Å². The molecule has 1 aliphatic heterocycles. The molecule has 1 heterocycles. The molecule has 0 aromatic heterocycles. The second kappa shape index (κ2) is 5.55. The Morgan fingerprint density at radius 1 is 1.26 bits per heavy atom. The number of nitrogens with one attached hydrogen (secondary N) is 1. The number of nitrogens with zero attached hydrogens (tertiary/aromatic N) is 1. The molecule has 1 N–H and O–H groups in total. The second-order valence-corrected chi connectivity index (χ2v) is 7.04. The number of halogens is 1. The first kappa shape index (κ1) is 13.6. The van der Waals surface area contributed by atoms with Crippen LogP contribution in [-0.4, -0.2) is 30.1 Å². The molecule has 3 atom stereocenters. The fourth-order valence-corrected chi connectivity index (χ4v) is 3.46. The topological polar surface area (TPSA) is 15.3 Å². The number of hydrogen-bond acceptors (Lipinski definition) is 2. The zero-order valence-electron chi connectivity index (χ0n) is 11.8.